The van der Waals surface area contributed by atoms with Gasteiger partial charge in [-0.3, -0.25) is 0 Å². The van der Waals surface area contributed by atoms with Crippen LogP contribution in [0.1, 0.15) is 81.8 Å². The van der Waals surface area contributed by atoms with Gasteiger partial charge in [0.05, 0.1) is 6.10 Å². The quantitative estimate of drug-likeness (QED) is 0.285. The summed E-state index contributed by atoms with van der Waals surface area (Å²) in [7, 11) is 0. The fourth-order valence-corrected chi connectivity index (χ4v) is 7.87. The monoisotopic (exact) mass is 478 g/mol. The Labute approximate surface area is 200 Å². The molecule has 1 aromatic rings. The summed E-state index contributed by atoms with van der Waals surface area (Å²) >= 11 is 0. The Morgan fingerprint density at radius 2 is 1.97 bits per heavy atom. The van der Waals surface area contributed by atoms with Crippen LogP contribution in [0.15, 0.2) is 42.8 Å². The maximum absolute atomic E-state index is 13.2. The van der Waals surface area contributed by atoms with Crippen LogP contribution >= 0.6 is 0 Å². The first-order chi connectivity index (χ1) is 16.1. The van der Waals surface area contributed by atoms with Crippen LogP contribution in [0.2, 0.25) is 0 Å². The predicted molar refractivity (Wildman–Crippen MR) is 126 cm³/mol. The van der Waals surface area contributed by atoms with Crippen LogP contribution in [0, 0.1) is 22.7 Å². The van der Waals surface area contributed by atoms with Crippen molar-refractivity contribution >= 4 is 0 Å². The minimum absolute atomic E-state index is 0.0194. The summed E-state index contributed by atoms with van der Waals surface area (Å²) < 4.78 is 37.9. The second kappa shape index (κ2) is 9.69. The number of phenols is 1. The molecular formula is C28H37F3O3. The molecule has 0 amide bonds. The number of fused-ring (bicyclic) bond motifs is 5. The molecule has 0 aromatic heterocycles. The number of aryl methyl sites for hydroxylation is 1. The molecule has 0 spiro atoms. The third-order valence-electron chi connectivity index (χ3n) is 9.38. The molecule has 0 heterocycles. The molecule has 4 rings (SSSR count). The molecule has 6 heteroatoms. The summed E-state index contributed by atoms with van der Waals surface area (Å²) in [5, 5.41) is 30.7. The Bertz CT molecular complexity index is 943. The Morgan fingerprint density at radius 3 is 2.68 bits per heavy atom. The number of aliphatic hydroxyl groups is 2. The Morgan fingerprint density at radius 1 is 1.21 bits per heavy atom. The summed E-state index contributed by atoms with van der Waals surface area (Å²) in [4.78, 5) is 0. The van der Waals surface area contributed by atoms with E-state index in [9.17, 15) is 28.5 Å². The molecule has 3 nitrogen and oxygen atoms in total. The second-order valence-corrected chi connectivity index (χ2v) is 11.1. The van der Waals surface area contributed by atoms with Gasteiger partial charge >= 0.3 is 6.08 Å². The van der Waals surface area contributed by atoms with E-state index in [0.717, 1.165) is 44.9 Å². The summed E-state index contributed by atoms with van der Waals surface area (Å²) in [5.74, 6) is -0.525. The lowest BCUT2D eigenvalue weighted by molar-refractivity contribution is -0.0812. The topological polar surface area (TPSA) is 60.7 Å². The number of benzene rings is 1. The summed E-state index contributed by atoms with van der Waals surface area (Å²) in [5.41, 5.74) is 2.18. The number of rotatable bonds is 8. The zero-order valence-corrected chi connectivity index (χ0v) is 19.9. The third kappa shape index (κ3) is 4.21. The van der Waals surface area contributed by atoms with Crippen molar-refractivity contribution < 1.29 is 28.5 Å². The molecule has 1 aromatic carbocycles. The van der Waals surface area contributed by atoms with Gasteiger partial charge in [-0.2, -0.15) is 8.78 Å². The first kappa shape index (κ1) is 25.3. The smallest absolute Gasteiger partial charge is 0.304 e. The lowest BCUT2D eigenvalue weighted by Gasteiger charge is -2.60. The van der Waals surface area contributed by atoms with Crippen molar-refractivity contribution in [2.45, 2.75) is 89.3 Å². The van der Waals surface area contributed by atoms with Crippen LogP contribution in [0.5, 0.6) is 5.75 Å². The van der Waals surface area contributed by atoms with Gasteiger partial charge < -0.3 is 15.3 Å². The van der Waals surface area contributed by atoms with Crippen LogP contribution in [-0.4, -0.2) is 27.5 Å². The zero-order chi connectivity index (χ0) is 24.7. The molecule has 0 bridgehead atoms. The molecule has 3 N–H and O–H groups in total. The van der Waals surface area contributed by atoms with Crippen molar-refractivity contribution in [3.63, 3.8) is 0 Å². The SMILES string of the molecule is C=CC12CCc3cc(O)ccc3[C@H]1[C@@H](CCCCC[C@H](O)C(F)=C(F)F)C[C@]1(C)[C@@H](O)CC[C@@H]21. The third-order valence-corrected chi connectivity index (χ3v) is 9.38. The van der Waals surface area contributed by atoms with Crippen LogP contribution in [0.3, 0.4) is 0 Å². The van der Waals surface area contributed by atoms with Crippen LogP contribution in [-0.2, 0) is 6.42 Å². The van der Waals surface area contributed by atoms with Crippen molar-refractivity contribution in [2.24, 2.45) is 22.7 Å². The van der Waals surface area contributed by atoms with Crippen LogP contribution in [0.25, 0.3) is 0 Å². The maximum atomic E-state index is 13.2. The second-order valence-electron chi connectivity index (χ2n) is 11.1. The van der Waals surface area contributed by atoms with Gasteiger partial charge in [0.1, 0.15) is 11.9 Å². The van der Waals surface area contributed by atoms with Gasteiger partial charge in [0.15, 0.2) is 5.83 Å². The number of phenolic OH excluding ortho intramolecular Hbond substituents is 1. The average Bonchev–Trinajstić information content (AvgIpc) is 3.11. The number of halogens is 3. The van der Waals surface area contributed by atoms with Crippen molar-refractivity contribution in [2.75, 3.05) is 0 Å². The van der Waals surface area contributed by atoms with Gasteiger partial charge in [-0.15, -0.1) is 6.58 Å². The predicted octanol–water partition coefficient (Wildman–Crippen LogP) is 6.78. The van der Waals surface area contributed by atoms with E-state index in [1.165, 1.54) is 11.1 Å². The normalized spacial score (nSPS) is 35.1. The van der Waals surface area contributed by atoms with Crippen LogP contribution < -0.4 is 0 Å². The van der Waals surface area contributed by atoms with E-state index in [-0.39, 0.29) is 35.0 Å². The zero-order valence-electron chi connectivity index (χ0n) is 19.9. The standard InChI is InChI=1S/C28H37F3O3/c1-3-28-14-13-17-15-19(32)9-10-20(17)24(28)18(16-27(2)22(28)11-12-23(27)34)7-5-4-6-8-21(33)25(29)26(30)31/h3,9-10,15,18,21-24,32-34H,1,4-8,11-14,16H2,2H3/t18-,21-,22+,23-,24+,27-,28?/m0/s1. The van der Waals surface area contributed by atoms with Crippen molar-refractivity contribution in [1.82, 2.24) is 0 Å². The minimum atomic E-state index is -2.45. The van der Waals surface area contributed by atoms with Gasteiger partial charge in [-0.05, 0) is 96.8 Å². The fraction of sp³-hybridized carbons (Fsp3) is 0.643. The molecule has 2 fully saturated rings. The summed E-state index contributed by atoms with van der Waals surface area (Å²) in [6, 6.07) is 5.70. The molecule has 3 aliphatic carbocycles. The Balaban J connectivity index is 1.55. The molecule has 0 radical (unpaired) electrons. The molecule has 34 heavy (non-hydrogen) atoms. The van der Waals surface area contributed by atoms with Crippen molar-refractivity contribution in [1.29, 1.82) is 0 Å². The van der Waals surface area contributed by atoms with E-state index in [1.807, 2.05) is 6.07 Å². The molecular weight excluding hydrogens is 441 g/mol. The molecule has 0 aliphatic heterocycles. The number of hydrogen-bond donors (Lipinski definition) is 3. The molecule has 0 saturated heterocycles. The number of aliphatic hydroxyl groups excluding tert-OH is 2. The Kier molecular flexibility index (Phi) is 7.21. The number of allylic oxidation sites excluding steroid dienone is 1. The minimum Gasteiger partial charge on any atom is -0.508 e. The van der Waals surface area contributed by atoms with Gasteiger partial charge in [0.2, 0.25) is 0 Å². The van der Waals surface area contributed by atoms with Crippen molar-refractivity contribution in [3.05, 3.63) is 53.9 Å². The van der Waals surface area contributed by atoms with E-state index < -0.39 is 18.0 Å². The largest absolute Gasteiger partial charge is 0.508 e. The molecule has 1 unspecified atom stereocenters. The lowest BCUT2D eigenvalue weighted by atomic mass is 9.44. The number of hydrogen-bond acceptors (Lipinski definition) is 3. The van der Waals surface area contributed by atoms with Gasteiger partial charge in [-0.25, -0.2) is 4.39 Å². The highest BCUT2D eigenvalue weighted by Crippen LogP contribution is 2.69. The Hall–Kier alpha value is -1.79. The van der Waals surface area contributed by atoms with Gasteiger partial charge in [0, 0.05) is 0 Å². The molecule has 188 valence electrons. The van der Waals surface area contributed by atoms with Gasteiger partial charge in [-0.1, -0.05) is 38.3 Å². The molecule has 2 saturated carbocycles. The van der Waals surface area contributed by atoms with E-state index in [4.69, 9.17) is 0 Å². The summed E-state index contributed by atoms with van der Waals surface area (Å²) in [6.07, 6.45) is 5.08. The first-order valence-corrected chi connectivity index (χ1v) is 12.7. The van der Waals surface area contributed by atoms with Crippen molar-refractivity contribution in [3.8, 4) is 5.75 Å². The van der Waals surface area contributed by atoms with E-state index in [0.29, 0.717) is 24.7 Å². The number of unbranched alkanes of at least 4 members (excludes halogenated alkanes) is 2. The first-order valence-electron chi connectivity index (χ1n) is 12.7. The number of aromatic hydroxyl groups is 1. The van der Waals surface area contributed by atoms with E-state index in [2.05, 4.69) is 25.6 Å². The molecule has 3 aliphatic rings. The lowest BCUT2D eigenvalue weighted by Crippen LogP contribution is -2.54. The van der Waals surface area contributed by atoms with Gasteiger partial charge in [0.25, 0.3) is 0 Å². The molecule has 7 atom stereocenters. The highest BCUT2D eigenvalue weighted by Gasteiger charge is 2.63. The average molecular weight is 479 g/mol. The maximum Gasteiger partial charge on any atom is 0.304 e. The van der Waals surface area contributed by atoms with E-state index in [1.54, 1.807) is 6.07 Å². The fourth-order valence-electron chi connectivity index (χ4n) is 7.87. The summed E-state index contributed by atoms with van der Waals surface area (Å²) in [6.45, 7) is 6.53. The van der Waals surface area contributed by atoms with E-state index >= 15 is 0 Å². The highest BCUT2D eigenvalue weighted by molar-refractivity contribution is 5.43. The van der Waals surface area contributed by atoms with Crippen LogP contribution in [0.4, 0.5) is 13.2 Å². The highest BCUT2D eigenvalue weighted by atomic mass is 19.3.